The van der Waals surface area contributed by atoms with E-state index in [1.54, 1.807) is 24.3 Å². The third kappa shape index (κ3) is 6.07. The Morgan fingerprint density at radius 1 is 1.10 bits per heavy atom. The van der Waals surface area contributed by atoms with Crippen molar-refractivity contribution in [3.63, 3.8) is 0 Å². The number of rotatable bonds is 6. The van der Waals surface area contributed by atoms with Crippen molar-refractivity contribution in [2.24, 2.45) is 0 Å². The first-order valence-electron chi connectivity index (χ1n) is 6.70. The van der Waals surface area contributed by atoms with Gasteiger partial charge in [-0.15, -0.1) is 0 Å². The quantitative estimate of drug-likeness (QED) is 0.782. The van der Waals surface area contributed by atoms with Crippen LogP contribution in [0.15, 0.2) is 24.3 Å². The SMILES string of the molecule is COC(=O)CCC(=O)Nc1ccc(C(=O)NC(C)C)cc1. The zero-order valence-corrected chi connectivity index (χ0v) is 12.4. The highest BCUT2D eigenvalue weighted by Crippen LogP contribution is 2.10. The Morgan fingerprint density at radius 2 is 1.71 bits per heavy atom. The molecule has 0 saturated heterocycles. The Balaban J connectivity index is 2.52. The van der Waals surface area contributed by atoms with Crippen molar-refractivity contribution in [3.05, 3.63) is 29.8 Å². The first kappa shape index (κ1) is 16.7. The third-order valence-electron chi connectivity index (χ3n) is 2.63. The second-order valence-corrected chi connectivity index (χ2v) is 4.83. The summed E-state index contributed by atoms with van der Waals surface area (Å²) in [6, 6.07) is 6.62. The molecule has 1 aromatic carbocycles. The number of amides is 2. The summed E-state index contributed by atoms with van der Waals surface area (Å²) in [7, 11) is 1.28. The Labute approximate surface area is 123 Å². The van der Waals surface area contributed by atoms with Crippen LogP contribution in [-0.2, 0) is 14.3 Å². The fourth-order valence-electron chi connectivity index (χ4n) is 1.59. The highest BCUT2D eigenvalue weighted by molar-refractivity contribution is 5.96. The number of ether oxygens (including phenoxy) is 1. The molecule has 1 aromatic rings. The molecule has 0 aromatic heterocycles. The van der Waals surface area contributed by atoms with Crippen molar-refractivity contribution < 1.29 is 19.1 Å². The molecule has 0 bridgehead atoms. The van der Waals surface area contributed by atoms with Crippen LogP contribution in [0.3, 0.4) is 0 Å². The highest BCUT2D eigenvalue weighted by Gasteiger charge is 2.09. The van der Waals surface area contributed by atoms with Crippen molar-refractivity contribution in [3.8, 4) is 0 Å². The van der Waals surface area contributed by atoms with E-state index >= 15 is 0 Å². The molecule has 0 unspecified atom stereocenters. The van der Waals surface area contributed by atoms with Crippen LogP contribution < -0.4 is 10.6 Å². The van der Waals surface area contributed by atoms with Gasteiger partial charge in [0, 0.05) is 23.7 Å². The van der Waals surface area contributed by atoms with Crippen LogP contribution in [0.2, 0.25) is 0 Å². The number of esters is 1. The van der Waals surface area contributed by atoms with E-state index in [0.717, 1.165) is 0 Å². The smallest absolute Gasteiger partial charge is 0.306 e. The summed E-state index contributed by atoms with van der Waals surface area (Å²) in [5.74, 6) is -0.862. The molecule has 0 aliphatic carbocycles. The molecule has 1 rings (SSSR count). The maximum Gasteiger partial charge on any atom is 0.306 e. The minimum absolute atomic E-state index is 0.0389. The van der Waals surface area contributed by atoms with Crippen LogP contribution in [0, 0.1) is 0 Å². The van der Waals surface area contributed by atoms with E-state index in [9.17, 15) is 14.4 Å². The predicted molar refractivity (Wildman–Crippen MR) is 78.9 cm³/mol. The molecule has 2 N–H and O–H groups in total. The number of hydrogen-bond acceptors (Lipinski definition) is 4. The van der Waals surface area contributed by atoms with Gasteiger partial charge in [0.1, 0.15) is 0 Å². The van der Waals surface area contributed by atoms with Gasteiger partial charge < -0.3 is 15.4 Å². The van der Waals surface area contributed by atoms with E-state index in [1.807, 2.05) is 13.8 Å². The summed E-state index contributed by atoms with van der Waals surface area (Å²) in [4.78, 5) is 34.3. The molecule has 0 saturated carbocycles. The van der Waals surface area contributed by atoms with Gasteiger partial charge in [0.15, 0.2) is 0 Å². The van der Waals surface area contributed by atoms with Crippen LogP contribution in [0.1, 0.15) is 37.0 Å². The van der Waals surface area contributed by atoms with Gasteiger partial charge in [0.2, 0.25) is 5.91 Å². The van der Waals surface area contributed by atoms with Crippen LogP contribution in [-0.4, -0.2) is 30.9 Å². The predicted octanol–water partition coefficient (Wildman–Crippen LogP) is 1.72. The molecule has 21 heavy (non-hydrogen) atoms. The monoisotopic (exact) mass is 292 g/mol. The molecule has 0 radical (unpaired) electrons. The molecule has 0 aliphatic heterocycles. The fraction of sp³-hybridized carbons (Fsp3) is 0.400. The molecule has 114 valence electrons. The average molecular weight is 292 g/mol. The molecule has 2 amide bonds. The third-order valence-corrected chi connectivity index (χ3v) is 2.63. The van der Waals surface area contributed by atoms with E-state index in [0.29, 0.717) is 11.3 Å². The molecule has 0 spiro atoms. The van der Waals surface area contributed by atoms with Crippen molar-refractivity contribution in [2.45, 2.75) is 32.7 Å². The van der Waals surface area contributed by atoms with Gasteiger partial charge in [-0.3, -0.25) is 14.4 Å². The number of anilines is 1. The van der Waals surface area contributed by atoms with Crippen molar-refractivity contribution in [1.29, 1.82) is 0 Å². The van der Waals surface area contributed by atoms with Crippen molar-refractivity contribution in [1.82, 2.24) is 5.32 Å². The van der Waals surface area contributed by atoms with Gasteiger partial charge >= 0.3 is 5.97 Å². The zero-order chi connectivity index (χ0) is 15.8. The van der Waals surface area contributed by atoms with E-state index in [4.69, 9.17) is 0 Å². The molecule has 6 heteroatoms. The first-order chi connectivity index (χ1) is 9.92. The Hall–Kier alpha value is -2.37. The number of carbonyl (C=O) groups excluding carboxylic acids is 3. The van der Waals surface area contributed by atoms with Crippen LogP contribution in [0.25, 0.3) is 0 Å². The standard InChI is InChI=1S/C15H20N2O4/c1-10(2)16-15(20)11-4-6-12(7-5-11)17-13(18)8-9-14(19)21-3/h4-7,10H,8-9H2,1-3H3,(H,16,20)(H,17,18). The maximum atomic E-state index is 11.7. The number of methoxy groups -OCH3 is 1. The minimum Gasteiger partial charge on any atom is -0.469 e. The Morgan fingerprint density at radius 3 is 2.24 bits per heavy atom. The van der Waals surface area contributed by atoms with Crippen molar-refractivity contribution in [2.75, 3.05) is 12.4 Å². The number of benzene rings is 1. The summed E-state index contributed by atoms with van der Waals surface area (Å²) >= 11 is 0. The van der Waals surface area contributed by atoms with Gasteiger partial charge in [-0.1, -0.05) is 0 Å². The second-order valence-electron chi connectivity index (χ2n) is 4.83. The lowest BCUT2D eigenvalue weighted by atomic mass is 10.2. The van der Waals surface area contributed by atoms with Gasteiger partial charge in [0.05, 0.1) is 13.5 Å². The molecule has 0 aliphatic rings. The molecule has 6 nitrogen and oxygen atoms in total. The number of carbonyl (C=O) groups is 3. The zero-order valence-electron chi connectivity index (χ0n) is 12.4. The lowest BCUT2D eigenvalue weighted by molar-refractivity contribution is -0.141. The lowest BCUT2D eigenvalue weighted by Crippen LogP contribution is -2.30. The Kier molecular flexibility index (Phi) is 6.39. The van der Waals surface area contributed by atoms with Gasteiger partial charge in [-0.05, 0) is 38.1 Å². The van der Waals surface area contributed by atoms with Gasteiger partial charge in [-0.25, -0.2) is 0 Å². The largest absolute Gasteiger partial charge is 0.469 e. The number of hydrogen-bond donors (Lipinski definition) is 2. The van der Waals surface area contributed by atoms with Crippen LogP contribution in [0.5, 0.6) is 0 Å². The number of nitrogens with one attached hydrogen (secondary N) is 2. The molecule has 0 heterocycles. The van der Waals surface area contributed by atoms with E-state index in [-0.39, 0.29) is 30.7 Å². The summed E-state index contributed by atoms with van der Waals surface area (Å²) < 4.78 is 4.46. The summed E-state index contributed by atoms with van der Waals surface area (Å²) in [6.07, 6.45) is 0.0967. The topological polar surface area (TPSA) is 84.5 Å². The Bertz CT molecular complexity index is 509. The normalized spacial score (nSPS) is 10.1. The molecular weight excluding hydrogens is 272 g/mol. The lowest BCUT2D eigenvalue weighted by Gasteiger charge is -2.09. The maximum absolute atomic E-state index is 11.7. The van der Waals surface area contributed by atoms with Crippen LogP contribution in [0.4, 0.5) is 5.69 Å². The summed E-state index contributed by atoms with van der Waals surface area (Å²) in [6.45, 7) is 3.77. The van der Waals surface area contributed by atoms with Gasteiger partial charge in [0.25, 0.3) is 5.91 Å². The summed E-state index contributed by atoms with van der Waals surface area (Å²) in [5.41, 5.74) is 1.10. The van der Waals surface area contributed by atoms with E-state index < -0.39 is 5.97 Å². The minimum atomic E-state index is -0.425. The van der Waals surface area contributed by atoms with Crippen molar-refractivity contribution >= 4 is 23.5 Å². The van der Waals surface area contributed by atoms with Crippen LogP contribution >= 0.6 is 0 Å². The molecule has 0 atom stereocenters. The van der Waals surface area contributed by atoms with E-state index in [1.165, 1.54) is 7.11 Å². The highest BCUT2D eigenvalue weighted by atomic mass is 16.5. The molecule has 0 fully saturated rings. The molecular formula is C15H20N2O4. The average Bonchev–Trinajstić information content (AvgIpc) is 2.44. The second kappa shape index (κ2) is 8.04. The van der Waals surface area contributed by atoms with Gasteiger partial charge in [-0.2, -0.15) is 0 Å². The fourth-order valence-corrected chi connectivity index (χ4v) is 1.59. The van der Waals surface area contributed by atoms with E-state index in [2.05, 4.69) is 15.4 Å². The summed E-state index contributed by atoms with van der Waals surface area (Å²) in [5, 5.41) is 5.43. The first-order valence-corrected chi connectivity index (χ1v) is 6.70.